The Morgan fingerprint density at radius 1 is 1.24 bits per heavy atom. The van der Waals surface area contributed by atoms with E-state index in [1.807, 2.05) is 0 Å². The fraction of sp³-hybridized carbons (Fsp3) is 0.250. The molecule has 0 spiro atoms. The zero-order valence-corrected chi connectivity index (χ0v) is 9.73. The van der Waals surface area contributed by atoms with Gasteiger partial charge in [-0.15, -0.1) is 0 Å². The van der Waals surface area contributed by atoms with Crippen molar-refractivity contribution in [1.82, 2.24) is 0 Å². The molecule has 0 unspecified atom stereocenters. The number of fused-ring (bicyclic) bond motifs is 1. The summed E-state index contributed by atoms with van der Waals surface area (Å²) in [6, 6.07) is 2.64. The zero-order valence-electron chi connectivity index (χ0n) is 9.73. The lowest BCUT2D eigenvalue weighted by molar-refractivity contribution is 0.349. The SMILES string of the molecule is COc1cc(O)c2c(=O)cc(C)oc2c1OC. The molecule has 5 nitrogen and oxygen atoms in total. The predicted octanol–water partition coefficient (Wildman–Crippen LogP) is 1.82. The summed E-state index contributed by atoms with van der Waals surface area (Å²) >= 11 is 0. The number of rotatable bonds is 2. The van der Waals surface area contributed by atoms with Gasteiger partial charge in [-0.2, -0.15) is 0 Å². The molecule has 5 heteroatoms. The standard InChI is InChI=1S/C12H12O5/c1-6-4-7(13)10-8(14)5-9(15-2)11(16-3)12(10)17-6/h4-5,14H,1-3H3. The number of benzene rings is 1. The van der Waals surface area contributed by atoms with E-state index >= 15 is 0 Å². The highest BCUT2D eigenvalue weighted by molar-refractivity contribution is 5.90. The molecule has 1 N–H and O–H groups in total. The highest BCUT2D eigenvalue weighted by atomic mass is 16.5. The highest BCUT2D eigenvalue weighted by Gasteiger charge is 2.18. The Balaban J connectivity index is 3.01. The van der Waals surface area contributed by atoms with Gasteiger partial charge in [0, 0.05) is 12.1 Å². The largest absolute Gasteiger partial charge is 0.507 e. The van der Waals surface area contributed by atoms with Crippen molar-refractivity contribution in [1.29, 1.82) is 0 Å². The summed E-state index contributed by atoms with van der Waals surface area (Å²) in [4.78, 5) is 11.8. The van der Waals surface area contributed by atoms with Crippen LogP contribution in [0.1, 0.15) is 5.76 Å². The van der Waals surface area contributed by atoms with Gasteiger partial charge < -0.3 is 19.0 Å². The third-order valence-corrected chi connectivity index (χ3v) is 2.45. The number of hydrogen-bond acceptors (Lipinski definition) is 5. The first-order valence-electron chi connectivity index (χ1n) is 4.97. The maximum absolute atomic E-state index is 11.8. The second-order valence-electron chi connectivity index (χ2n) is 3.56. The molecule has 90 valence electrons. The van der Waals surface area contributed by atoms with E-state index in [9.17, 15) is 9.90 Å². The van der Waals surface area contributed by atoms with Gasteiger partial charge in [-0.25, -0.2) is 0 Å². The van der Waals surface area contributed by atoms with Gasteiger partial charge in [0.25, 0.3) is 0 Å². The van der Waals surface area contributed by atoms with E-state index in [-0.39, 0.29) is 22.1 Å². The van der Waals surface area contributed by atoms with Crippen molar-refractivity contribution in [3.63, 3.8) is 0 Å². The summed E-state index contributed by atoms with van der Waals surface area (Å²) in [5, 5.41) is 9.87. The molecule has 1 heterocycles. The fourth-order valence-corrected chi connectivity index (χ4v) is 1.73. The number of methoxy groups -OCH3 is 2. The first-order chi connectivity index (χ1) is 8.08. The molecule has 1 aromatic carbocycles. The lowest BCUT2D eigenvalue weighted by atomic mass is 10.1. The van der Waals surface area contributed by atoms with Gasteiger partial charge in [0.15, 0.2) is 16.8 Å². The molecule has 0 aliphatic rings. The smallest absolute Gasteiger partial charge is 0.205 e. The number of ether oxygens (including phenoxy) is 2. The van der Waals surface area contributed by atoms with Gasteiger partial charge in [0.05, 0.1) is 14.2 Å². The van der Waals surface area contributed by atoms with Crippen LogP contribution in [0.15, 0.2) is 21.3 Å². The van der Waals surface area contributed by atoms with E-state index in [1.54, 1.807) is 6.92 Å². The fourth-order valence-electron chi connectivity index (χ4n) is 1.73. The van der Waals surface area contributed by atoms with E-state index in [0.717, 1.165) is 0 Å². The quantitative estimate of drug-likeness (QED) is 0.861. The summed E-state index contributed by atoms with van der Waals surface area (Å²) in [5.74, 6) is 0.854. The first-order valence-corrected chi connectivity index (χ1v) is 4.97. The summed E-state index contributed by atoms with van der Waals surface area (Å²) in [7, 11) is 2.88. The van der Waals surface area contributed by atoms with Crippen LogP contribution in [0.3, 0.4) is 0 Å². The Bertz CT molecular complexity index is 627. The molecule has 0 atom stereocenters. The Morgan fingerprint density at radius 2 is 1.94 bits per heavy atom. The second-order valence-corrected chi connectivity index (χ2v) is 3.56. The van der Waals surface area contributed by atoms with Crippen molar-refractivity contribution >= 4 is 11.0 Å². The maximum Gasteiger partial charge on any atom is 0.205 e. The van der Waals surface area contributed by atoms with Gasteiger partial charge in [-0.05, 0) is 6.92 Å². The number of phenolic OH excluding ortho intramolecular Hbond substituents is 1. The monoisotopic (exact) mass is 236 g/mol. The minimum Gasteiger partial charge on any atom is -0.507 e. The lowest BCUT2D eigenvalue weighted by Crippen LogP contribution is -2.03. The van der Waals surface area contributed by atoms with Crippen LogP contribution in [-0.2, 0) is 0 Å². The summed E-state index contributed by atoms with van der Waals surface area (Å²) in [6.07, 6.45) is 0. The minimum absolute atomic E-state index is 0.0910. The van der Waals surface area contributed by atoms with E-state index in [4.69, 9.17) is 13.9 Å². The Kier molecular flexibility index (Phi) is 2.67. The Hall–Kier alpha value is -2.17. The van der Waals surface area contributed by atoms with Crippen molar-refractivity contribution in [2.75, 3.05) is 14.2 Å². The number of aryl methyl sites for hydroxylation is 1. The maximum atomic E-state index is 11.8. The number of phenols is 1. The molecule has 0 saturated carbocycles. The minimum atomic E-state index is -0.317. The van der Waals surface area contributed by atoms with Crippen LogP contribution in [0, 0.1) is 6.92 Å². The molecule has 0 amide bonds. The predicted molar refractivity (Wildman–Crippen MR) is 62.0 cm³/mol. The molecule has 17 heavy (non-hydrogen) atoms. The Labute approximate surface area is 97.2 Å². The summed E-state index contributed by atoms with van der Waals surface area (Å²) in [5.41, 5.74) is -0.128. The Morgan fingerprint density at radius 3 is 2.53 bits per heavy atom. The van der Waals surface area contributed by atoms with Crippen molar-refractivity contribution < 1.29 is 19.0 Å². The van der Waals surface area contributed by atoms with E-state index < -0.39 is 0 Å². The zero-order chi connectivity index (χ0) is 12.6. The molecule has 0 radical (unpaired) electrons. The van der Waals surface area contributed by atoms with Gasteiger partial charge >= 0.3 is 0 Å². The van der Waals surface area contributed by atoms with Gasteiger partial charge in [-0.1, -0.05) is 0 Å². The molecule has 1 aromatic heterocycles. The van der Waals surface area contributed by atoms with Crippen LogP contribution in [0.25, 0.3) is 11.0 Å². The molecule has 2 rings (SSSR count). The van der Waals surface area contributed by atoms with Crippen LogP contribution >= 0.6 is 0 Å². The molecule has 0 bridgehead atoms. The molecular weight excluding hydrogens is 224 g/mol. The average molecular weight is 236 g/mol. The van der Waals surface area contributed by atoms with Crippen LogP contribution in [-0.4, -0.2) is 19.3 Å². The molecule has 0 saturated heterocycles. The topological polar surface area (TPSA) is 68.9 Å². The highest BCUT2D eigenvalue weighted by Crippen LogP contribution is 2.39. The third-order valence-electron chi connectivity index (χ3n) is 2.45. The molecular formula is C12H12O5. The van der Waals surface area contributed by atoms with E-state index in [0.29, 0.717) is 17.3 Å². The van der Waals surface area contributed by atoms with E-state index in [1.165, 1.54) is 26.4 Å². The normalized spacial score (nSPS) is 10.5. The van der Waals surface area contributed by atoms with Crippen LogP contribution < -0.4 is 14.9 Å². The van der Waals surface area contributed by atoms with Gasteiger partial charge in [0.1, 0.15) is 16.9 Å². The molecule has 0 aliphatic heterocycles. The van der Waals surface area contributed by atoms with Crippen molar-refractivity contribution in [2.24, 2.45) is 0 Å². The van der Waals surface area contributed by atoms with Crippen molar-refractivity contribution in [3.8, 4) is 17.2 Å². The van der Waals surface area contributed by atoms with Gasteiger partial charge in [-0.3, -0.25) is 4.79 Å². The first kappa shape index (κ1) is 11.3. The van der Waals surface area contributed by atoms with Crippen LogP contribution in [0.4, 0.5) is 0 Å². The third kappa shape index (κ3) is 1.69. The van der Waals surface area contributed by atoms with Gasteiger partial charge in [0.2, 0.25) is 5.75 Å². The number of hydrogen-bond donors (Lipinski definition) is 1. The van der Waals surface area contributed by atoms with Crippen molar-refractivity contribution in [2.45, 2.75) is 6.92 Å². The summed E-state index contributed by atoms with van der Waals surface area (Å²) in [6.45, 7) is 1.65. The van der Waals surface area contributed by atoms with Crippen LogP contribution in [0.2, 0.25) is 0 Å². The summed E-state index contributed by atoms with van der Waals surface area (Å²) < 4.78 is 15.6. The lowest BCUT2D eigenvalue weighted by Gasteiger charge is -2.11. The van der Waals surface area contributed by atoms with Crippen molar-refractivity contribution in [3.05, 3.63) is 28.1 Å². The molecule has 0 fully saturated rings. The van der Waals surface area contributed by atoms with E-state index in [2.05, 4.69) is 0 Å². The molecule has 2 aromatic rings. The number of aromatic hydroxyl groups is 1. The van der Waals surface area contributed by atoms with Crippen LogP contribution in [0.5, 0.6) is 17.2 Å². The second kappa shape index (κ2) is 4.01. The average Bonchev–Trinajstić information content (AvgIpc) is 2.27. The molecule has 0 aliphatic carbocycles.